The van der Waals surface area contributed by atoms with Crippen molar-refractivity contribution < 1.29 is 0 Å². The molecule has 2 aromatic heterocycles. The highest BCUT2D eigenvalue weighted by Gasteiger charge is 2.02. The third-order valence-electron chi connectivity index (χ3n) is 3.89. The highest BCUT2D eigenvalue weighted by molar-refractivity contribution is 5.79. The fraction of sp³-hybridized carbons (Fsp3) is 0.579. The van der Waals surface area contributed by atoms with Crippen molar-refractivity contribution >= 4 is 11.6 Å². The van der Waals surface area contributed by atoms with Crippen LogP contribution in [0.2, 0.25) is 0 Å². The van der Waals surface area contributed by atoms with Gasteiger partial charge in [0.05, 0.1) is 5.69 Å². The normalized spacial score (nSPS) is 12.1. The number of hydrogen-bond acceptors (Lipinski definition) is 2. The number of nitrogens with zero attached hydrogens (tertiary/aromatic N) is 3. The molecule has 0 atom stereocenters. The number of rotatable bonds is 9. The summed E-state index contributed by atoms with van der Waals surface area (Å²) in [4.78, 5) is 9.27. The van der Waals surface area contributed by atoms with Crippen LogP contribution in [0.1, 0.15) is 45.7 Å². The zero-order valence-electron chi connectivity index (χ0n) is 15.3. The molecule has 0 aliphatic carbocycles. The molecule has 5 nitrogen and oxygen atoms in total. The molecule has 132 valence electrons. The fourth-order valence-corrected chi connectivity index (χ4v) is 2.61. The Hall–Kier alpha value is -2.04. The van der Waals surface area contributed by atoms with Crippen molar-refractivity contribution in [2.75, 3.05) is 19.6 Å². The van der Waals surface area contributed by atoms with E-state index in [0.29, 0.717) is 0 Å². The summed E-state index contributed by atoms with van der Waals surface area (Å²) in [5, 5.41) is 6.71. The molecule has 2 rings (SSSR count). The lowest BCUT2D eigenvalue weighted by Crippen LogP contribution is -2.38. The molecular weight excluding hydrogens is 298 g/mol. The third kappa shape index (κ3) is 6.22. The summed E-state index contributed by atoms with van der Waals surface area (Å²) < 4.78 is 2.06. The summed E-state index contributed by atoms with van der Waals surface area (Å²) in [5.41, 5.74) is 2.10. The van der Waals surface area contributed by atoms with Gasteiger partial charge in [0.25, 0.3) is 0 Å². The third-order valence-corrected chi connectivity index (χ3v) is 3.89. The van der Waals surface area contributed by atoms with Crippen LogP contribution in [0.25, 0.3) is 5.65 Å². The van der Waals surface area contributed by atoms with E-state index in [4.69, 9.17) is 0 Å². The van der Waals surface area contributed by atoms with Crippen LogP contribution in [-0.2, 0) is 6.42 Å². The Balaban J connectivity index is 1.75. The minimum Gasteiger partial charge on any atom is -0.357 e. The van der Waals surface area contributed by atoms with Gasteiger partial charge in [-0.05, 0) is 31.4 Å². The Labute approximate surface area is 145 Å². The number of pyridine rings is 1. The maximum Gasteiger partial charge on any atom is 0.191 e. The van der Waals surface area contributed by atoms with E-state index in [0.717, 1.165) is 55.7 Å². The van der Waals surface area contributed by atoms with Crippen molar-refractivity contribution in [3.05, 3.63) is 36.3 Å². The quantitative estimate of drug-likeness (QED) is 0.422. The SMILES string of the molecule is CCNC(=NCCCCC(C)C)NCCc1cn2ccccc2n1. The van der Waals surface area contributed by atoms with Crippen molar-refractivity contribution in [3.63, 3.8) is 0 Å². The Morgan fingerprint density at radius 3 is 2.88 bits per heavy atom. The van der Waals surface area contributed by atoms with Crippen molar-refractivity contribution in [1.29, 1.82) is 0 Å². The van der Waals surface area contributed by atoms with Gasteiger partial charge in [-0.2, -0.15) is 0 Å². The molecule has 2 aromatic rings. The molecule has 0 amide bonds. The summed E-state index contributed by atoms with van der Waals surface area (Å²) in [5.74, 6) is 1.69. The molecule has 2 N–H and O–H groups in total. The smallest absolute Gasteiger partial charge is 0.191 e. The lowest BCUT2D eigenvalue weighted by Gasteiger charge is -2.10. The van der Waals surface area contributed by atoms with E-state index in [2.05, 4.69) is 52.0 Å². The van der Waals surface area contributed by atoms with Gasteiger partial charge in [0.1, 0.15) is 5.65 Å². The second-order valence-electron chi connectivity index (χ2n) is 6.53. The topological polar surface area (TPSA) is 53.7 Å². The first-order valence-corrected chi connectivity index (χ1v) is 9.14. The van der Waals surface area contributed by atoms with Crippen LogP contribution >= 0.6 is 0 Å². The highest BCUT2D eigenvalue weighted by atomic mass is 15.2. The van der Waals surface area contributed by atoms with Gasteiger partial charge < -0.3 is 15.0 Å². The van der Waals surface area contributed by atoms with Gasteiger partial charge >= 0.3 is 0 Å². The van der Waals surface area contributed by atoms with Gasteiger partial charge in [-0.15, -0.1) is 0 Å². The largest absolute Gasteiger partial charge is 0.357 e. The summed E-state index contributed by atoms with van der Waals surface area (Å²) in [6.45, 7) is 9.24. The standard InChI is InChI=1S/C19H31N5/c1-4-20-19(21-12-7-5-9-16(2)3)22-13-11-17-15-24-14-8-6-10-18(24)23-17/h6,8,10,14-16H,4-5,7,9,11-13H2,1-3H3,(H2,20,21,22). The molecule has 24 heavy (non-hydrogen) atoms. The van der Waals surface area contributed by atoms with E-state index in [1.807, 2.05) is 24.4 Å². The summed E-state index contributed by atoms with van der Waals surface area (Å²) >= 11 is 0. The Morgan fingerprint density at radius 1 is 1.25 bits per heavy atom. The summed E-state index contributed by atoms with van der Waals surface area (Å²) in [6, 6.07) is 6.06. The number of nitrogens with one attached hydrogen (secondary N) is 2. The van der Waals surface area contributed by atoms with Crippen molar-refractivity contribution in [2.24, 2.45) is 10.9 Å². The molecule has 0 radical (unpaired) electrons. The molecule has 2 heterocycles. The van der Waals surface area contributed by atoms with E-state index in [1.165, 1.54) is 12.8 Å². The molecule has 0 bridgehead atoms. The first-order chi connectivity index (χ1) is 11.7. The first kappa shape index (κ1) is 18.3. The fourth-order valence-electron chi connectivity index (χ4n) is 2.61. The van der Waals surface area contributed by atoms with E-state index in [-0.39, 0.29) is 0 Å². The molecule has 0 aliphatic heterocycles. The number of aromatic nitrogens is 2. The number of hydrogen-bond donors (Lipinski definition) is 2. The van der Waals surface area contributed by atoms with Crippen LogP contribution < -0.4 is 10.6 Å². The molecule has 0 aliphatic rings. The number of imidazole rings is 1. The second-order valence-corrected chi connectivity index (χ2v) is 6.53. The average molecular weight is 329 g/mol. The Kier molecular flexibility index (Phi) is 7.59. The molecule has 0 aromatic carbocycles. The maximum absolute atomic E-state index is 4.65. The second kappa shape index (κ2) is 9.96. The molecule has 0 spiro atoms. The molecule has 0 saturated heterocycles. The van der Waals surface area contributed by atoms with Crippen LogP contribution in [-0.4, -0.2) is 35.0 Å². The van der Waals surface area contributed by atoms with Crippen molar-refractivity contribution in [3.8, 4) is 0 Å². The minimum absolute atomic E-state index is 0.783. The van der Waals surface area contributed by atoms with Crippen LogP contribution in [0, 0.1) is 5.92 Å². The van der Waals surface area contributed by atoms with Gasteiger partial charge in [-0.1, -0.05) is 32.8 Å². The maximum atomic E-state index is 4.65. The lowest BCUT2D eigenvalue weighted by atomic mass is 10.1. The van der Waals surface area contributed by atoms with Gasteiger partial charge in [-0.25, -0.2) is 4.98 Å². The van der Waals surface area contributed by atoms with E-state index < -0.39 is 0 Å². The zero-order valence-corrected chi connectivity index (χ0v) is 15.3. The molecule has 0 fully saturated rings. The van der Waals surface area contributed by atoms with Crippen LogP contribution in [0.4, 0.5) is 0 Å². The van der Waals surface area contributed by atoms with Gasteiger partial charge in [0, 0.05) is 38.4 Å². The molecule has 5 heteroatoms. The van der Waals surface area contributed by atoms with Crippen molar-refractivity contribution in [2.45, 2.75) is 46.5 Å². The highest BCUT2D eigenvalue weighted by Crippen LogP contribution is 2.06. The van der Waals surface area contributed by atoms with Crippen LogP contribution in [0.15, 0.2) is 35.6 Å². The zero-order chi connectivity index (χ0) is 17.2. The van der Waals surface area contributed by atoms with E-state index >= 15 is 0 Å². The average Bonchev–Trinajstić information content (AvgIpc) is 2.97. The number of aliphatic imine (C=N–C) groups is 1. The number of guanidine groups is 1. The molecule has 0 saturated carbocycles. The summed E-state index contributed by atoms with van der Waals surface area (Å²) in [7, 11) is 0. The molecular formula is C19H31N5. The first-order valence-electron chi connectivity index (χ1n) is 9.14. The van der Waals surface area contributed by atoms with E-state index in [1.54, 1.807) is 0 Å². The molecule has 0 unspecified atom stereocenters. The van der Waals surface area contributed by atoms with Crippen LogP contribution in [0.5, 0.6) is 0 Å². The van der Waals surface area contributed by atoms with Gasteiger partial charge in [0.2, 0.25) is 0 Å². The van der Waals surface area contributed by atoms with Crippen molar-refractivity contribution in [1.82, 2.24) is 20.0 Å². The monoisotopic (exact) mass is 329 g/mol. The number of fused-ring (bicyclic) bond motifs is 1. The predicted octanol–water partition coefficient (Wildman–Crippen LogP) is 3.26. The van der Waals surface area contributed by atoms with Gasteiger partial charge in [-0.3, -0.25) is 4.99 Å². The minimum atomic E-state index is 0.783. The Bertz CT molecular complexity index is 596. The summed E-state index contributed by atoms with van der Waals surface area (Å²) in [6.07, 6.45) is 8.70. The van der Waals surface area contributed by atoms with Crippen LogP contribution in [0.3, 0.4) is 0 Å². The van der Waals surface area contributed by atoms with E-state index in [9.17, 15) is 0 Å². The lowest BCUT2D eigenvalue weighted by molar-refractivity contribution is 0.541. The van der Waals surface area contributed by atoms with Gasteiger partial charge in [0.15, 0.2) is 5.96 Å². The number of unbranched alkanes of at least 4 members (excludes halogenated alkanes) is 1. The predicted molar refractivity (Wildman–Crippen MR) is 102 cm³/mol. The Morgan fingerprint density at radius 2 is 2.12 bits per heavy atom.